The molecule has 0 bridgehead atoms. The van der Waals surface area contributed by atoms with Crippen molar-refractivity contribution in [3.8, 4) is 5.75 Å². The molecule has 1 N–H and O–H groups in total. The van der Waals surface area contributed by atoms with Gasteiger partial charge in [0.05, 0.1) is 5.69 Å². The molecule has 6 nitrogen and oxygen atoms in total. The van der Waals surface area contributed by atoms with E-state index in [2.05, 4.69) is 10.3 Å². The molecule has 0 saturated heterocycles. The van der Waals surface area contributed by atoms with Gasteiger partial charge in [0.25, 0.3) is 5.91 Å². The Morgan fingerprint density at radius 1 is 1.00 bits per heavy atom. The predicted octanol–water partition coefficient (Wildman–Crippen LogP) is 4.68. The molecule has 0 aliphatic rings. The minimum Gasteiger partial charge on any atom is -0.487 e. The van der Waals surface area contributed by atoms with Crippen molar-refractivity contribution < 1.29 is 14.3 Å². The predicted molar refractivity (Wildman–Crippen MR) is 115 cm³/mol. The second-order valence-corrected chi connectivity index (χ2v) is 7.11. The van der Waals surface area contributed by atoms with Gasteiger partial charge in [0.15, 0.2) is 5.78 Å². The zero-order valence-electron chi connectivity index (χ0n) is 16.8. The summed E-state index contributed by atoms with van der Waals surface area (Å²) in [5.74, 6) is 0.251. The maximum atomic E-state index is 12.6. The average molecular weight is 399 g/mol. The van der Waals surface area contributed by atoms with Crippen LogP contribution in [0.3, 0.4) is 0 Å². The van der Waals surface area contributed by atoms with Gasteiger partial charge in [-0.2, -0.15) is 0 Å². The molecule has 1 amide bonds. The second kappa shape index (κ2) is 8.21. The molecule has 0 aliphatic carbocycles. The molecule has 2 heterocycles. The molecular formula is C24H21N3O3. The van der Waals surface area contributed by atoms with Crippen LogP contribution in [-0.2, 0) is 6.61 Å². The van der Waals surface area contributed by atoms with E-state index in [1.165, 1.54) is 6.92 Å². The first kappa shape index (κ1) is 19.4. The topological polar surface area (TPSA) is 72.7 Å². The van der Waals surface area contributed by atoms with Gasteiger partial charge in [0, 0.05) is 29.2 Å². The Balaban J connectivity index is 1.44. The highest BCUT2D eigenvalue weighted by Crippen LogP contribution is 2.18. The molecule has 4 rings (SSSR count). The molecule has 0 radical (unpaired) electrons. The fourth-order valence-corrected chi connectivity index (χ4v) is 3.13. The second-order valence-electron chi connectivity index (χ2n) is 7.11. The van der Waals surface area contributed by atoms with Crippen LogP contribution in [0, 0.1) is 6.92 Å². The summed E-state index contributed by atoms with van der Waals surface area (Å²) in [5.41, 5.74) is 4.40. The normalized spacial score (nSPS) is 10.7. The molecule has 0 unspecified atom stereocenters. The lowest BCUT2D eigenvalue weighted by Crippen LogP contribution is -2.12. The number of anilines is 1. The van der Waals surface area contributed by atoms with Gasteiger partial charge in [0.1, 0.15) is 18.0 Å². The van der Waals surface area contributed by atoms with Crippen molar-refractivity contribution in [3.05, 3.63) is 95.4 Å². The number of ketones is 1. The summed E-state index contributed by atoms with van der Waals surface area (Å²) in [7, 11) is 0. The van der Waals surface area contributed by atoms with Gasteiger partial charge in [-0.1, -0.05) is 24.3 Å². The monoisotopic (exact) mass is 399 g/mol. The largest absolute Gasteiger partial charge is 0.487 e. The zero-order chi connectivity index (χ0) is 21.1. The fourth-order valence-electron chi connectivity index (χ4n) is 3.13. The molecule has 2 aromatic heterocycles. The van der Waals surface area contributed by atoms with Crippen molar-refractivity contribution in [3.63, 3.8) is 0 Å². The van der Waals surface area contributed by atoms with Gasteiger partial charge < -0.3 is 14.5 Å². The Hall–Kier alpha value is -3.93. The molecule has 0 aliphatic heterocycles. The standard InChI is InChI=1S/C24H21N3O3/c1-16-9-10-23-25-21(14-27(23)13-16)15-30-22-8-4-6-19(12-22)24(29)26-20-7-3-5-18(11-20)17(2)28/h3-14H,15H2,1-2H3,(H,26,29). The van der Waals surface area contributed by atoms with E-state index >= 15 is 0 Å². The Kier molecular flexibility index (Phi) is 5.30. The maximum Gasteiger partial charge on any atom is 0.255 e. The third kappa shape index (κ3) is 4.38. The summed E-state index contributed by atoms with van der Waals surface area (Å²) in [6.07, 6.45) is 3.94. The quantitative estimate of drug-likeness (QED) is 0.478. The molecule has 6 heteroatoms. The van der Waals surface area contributed by atoms with Gasteiger partial charge in [-0.25, -0.2) is 4.98 Å². The number of imidazole rings is 1. The first-order valence-corrected chi connectivity index (χ1v) is 9.57. The van der Waals surface area contributed by atoms with Crippen LogP contribution in [0.5, 0.6) is 5.75 Å². The maximum absolute atomic E-state index is 12.6. The van der Waals surface area contributed by atoms with E-state index in [1.54, 1.807) is 48.5 Å². The van der Waals surface area contributed by atoms with Crippen LogP contribution in [0.15, 0.2) is 73.1 Å². The number of benzene rings is 2. The lowest BCUT2D eigenvalue weighted by Gasteiger charge is -2.09. The number of carbonyl (C=O) groups excluding carboxylic acids is 2. The number of nitrogens with zero attached hydrogens (tertiary/aromatic N) is 2. The summed E-state index contributed by atoms with van der Waals surface area (Å²) in [6.45, 7) is 3.82. The van der Waals surface area contributed by atoms with Crippen molar-refractivity contribution in [2.24, 2.45) is 0 Å². The van der Waals surface area contributed by atoms with Crippen LogP contribution in [0.25, 0.3) is 5.65 Å². The third-order valence-corrected chi connectivity index (χ3v) is 4.66. The molecule has 0 atom stereocenters. The van der Waals surface area contributed by atoms with E-state index < -0.39 is 0 Å². The number of pyridine rings is 1. The highest BCUT2D eigenvalue weighted by molar-refractivity contribution is 6.05. The lowest BCUT2D eigenvalue weighted by atomic mass is 10.1. The van der Waals surface area contributed by atoms with Gasteiger partial charge in [-0.15, -0.1) is 0 Å². The van der Waals surface area contributed by atoms with E-state index in [-0.39, 0.29) is 11.7 Å². The first-order valence-electron chi connectivity index (χ1n) is 9.57. The van der Waals surface area contributed by atoms with E-state index in [0.717, 1.165) is 16.9 Å². The third-order valence-electron chi connectivity index (χ3n) is 4.66. The number of aryl methyl sites for hydroxylation is 1. The number of aromatic nitrogens is 2. The molecule has 4 aromatic rings. The SMILES string of the molecule is CC(=O)c1cccc(NC(=O)c2cccc(OCc3cn4cc(C)ccc4n3)c2)c1. The van der Waals surface area contributed by atoms with E-state index in [1.807, 2.05) is 35.9 Å². The Labute approximate surface area is 174 Å². The van der Waals surface area contributed by atoms with Crippen molar-refractivity contribution in [1.29, 1.82) is 0 Å². The summed E-state index contributed by atoms with van der Waals surface area (Å²) in [4.78, 5) is 28.7. The van der Waals surface area contributed by atoms with Crippen LogP contribution in [-0.4, -0.2) is 21.1 Å². The minimum atomic E-state index is -0.274. The summed E-state index contributed by atoms with van der Waals surface area (Å²) in [5, 5.41) is 2.82. The Bertz CT molecular complexity index is 1240. The highest BCUT2D eigenvalue weighted by atomic mass is 16.5. The number of amides is 1. The lowest BCUT2D eigenvalue weighted by molar-refractivity contribution is 0.101. The highest BCUT2D eigenvalue weighted by Gasteiger charge is 2.09. The van der Waals surface area contributed by atoms with Crippen molar-refractivity contribution in [2.75, 3.05) is 5.32 Å². The van der Waals surface area contributed by atoms with Crippen LogP contribution in [0.4, 0.5) is 5.69 Å². The van der Waals surface area contributed by atoms with Gasteiger partial charge in [-0.05, 0) is 55.8 Å². The average Bonchev–Trinajstić information content (AvgIpc) is 3.14. The number of hydrogen-bond acceptors (Lipinski definition) is 4. The van der Waals surface area contributed by atoms with E-state index in [9.17, 15) is 9.59 Å². The Morgan fingerprint density at radius 2 is 1.80 bits per heavy atom. The number of Topliss-reactive ketones (excluding diaryl/α,β-unsaturated/α-hetero) is 1. The van der Waals surface area contributed by atoms with Gasteiger partial charge >= 0.3 is 0 Å². The molecular weight excluding hydrogens is 378 g/mol. The number of fused-ring (bicyclic) bond motifs is 1. The van der Waals surface area contributed by atoms with E-state index in [4.69, 9.17) is 4.74 Å². The van der Waals surface area contributed by atoms with Crippen molar-refractivity contribution in [1.82, 2.24) is 9.38 Å². The molecule has 0 saturated carbocycles. The van der Waals surface area contributed by atoms with Gasteiger partial charge in [-0.3, -0.25) is 9.59 Å². The first-order chi connectivity index (χ1) is 14.5. The van der Waals surface area contributed by atoms with Crippen molar-refractivity contribution in [2.45, 2.75) is 20.5 Å². The van der Waals surface area contributed by atoms with Gasteiger partial charge in [0.2, 0.25) is 0 Å². The molecule has 0 fully saturated rings. The number of ether oxygens (including phenoxy) is 1. The number of hydrogen-bond donors (Lipinski definition) is 1. The zero-order valence-corrected chi connectivity index (χ0v) is 16.8. The number of rotatable bonds is 6. The minimum absolute atomic E-state index is 0.0522. The molecule has 30 heavy (non-hydrogen) atoms. The summed E-state index contributed by atoms with van der Waals surface area (Å²) in [6, 6.07) is 17.8. The number of nitrogens with one attached hydrogen (secondary N) is 1. The fraction of sp³-hybridized carbons (Fsp3) is 0.125. The van der Waals surface area contributed by atoms with Crippen LogP contribution in [0.1, 0.15) is 38.9 Å². The van der Waals surface area contributed by atoms with Crippen LogP contribution >= 0.6 is 0 Å². The molecule has 150 valence electrons. The van der Waals surface area contributed by atoms with Crippen LogP contribution in [0.2, 0.25) is 0 Å². The molecule has 0 spiro atoms. The molecule has 2 aromatic carbocycles. The van der Waals surface area contributed by atoms with Crippen molar-refractivity contribution >= 4 is 23.0 Å². The Morgan fingerprint density at radius 3 is 2.63 bits per heavy atom. The summed E-state index contributed by atoms with van der Waals surface area (Å²) >= 11 is 0. The smallest absolute Gasteiger partial charge is 0.255 e. The van der Waals surface area contributed by atoms with Crippen LogP contribution < -0.4 is 10.1 Å². The number of carbonyl (C=O) groups is 2. The van der Waals surface area contributed by atoms with E-state index in [0.29, 0.717) is 29.2 Å². The summed E-state index contributed by atoms with van der Waals surface area (Å²) < 4.78 is 7.81.